The Labute approximate surface area is 191 Å². The van der Waals surface area contributed by atoms with Gasteiger partial charge in [-0.1, -0.05) is 30.3 Å². The van der Waals surface area contributed by atoms with E-state index in [4.69, 9.17) is 10.00 Å². The van der Waals surface area contributed by atoms with E-state index in [9.17, 15) is 19.3 Å². The minimum atomic E-state index is -0.799. The van der Waals surface area contributed by atoms with Crippen LogP contribution in [-0.4, -0.2) is 33.6 Å². The number of ether oxygens (including phenoxy) is 1. The first-order valence-corrected chi connectivity index (χ1v) is 10.9. The van der Waals surface area contributed by atoms with Crippen molar-refractivity contribution >= 4 is 17.5 Å². The average molecular weight is 452 g/mol. The van der Waals surface area contributed by atoms with Crippen molar-refractivity contribution in [2.24, 2.45) is 0 Å². The molecule has 1 aliphatic heterocycles. The smallest absolute Gasteiger partial charge is 0.411 e. The van der Waals surface area contributed by atoms with Crippen LogP contribution in [0.2, 0.25) is 0 Å². The van der Waals surface area contributed by atoms with E-state index in [1.54, 1.807) is 6.07 Å². The highest BCUT2D eigenvalue weighted by Crippen LogP contribution is 2.44. The maximum Gasteiger partial charge on any atom is 0.411 e. The standard InChI is InChI=1S/C24H25FN4O4/c1-24(2)22(15-6-4-3-5-7-15)28(23(30)33-24)18-10-8-17(9-11-18)27-20-13-19(25)16(14-26)12-21(20)29(31)32/h3-7,12-13,17-18,22,27H,8-11H2,1-2H3/t17-,18-,22-/m0/s1. The number of rotatable bonds is 5. The van der Waals surface area contributed by atoms with Gasteiger partial charge in [0.25, 0.3) is 5.69 Å². The van der Waals surface area contributed by atoms with E-state index in [1.807, 2.05) is 49.1 Å². The zero-order valence-electron chi connectivity index (χ0n) is 18.5. The van der Waals surface area contributed by atoms with Gasteiger partial charge in [0.15, 0.2) is 0 Å². The minimum absolute atomic E-state index is 0.0322. The van der Waals surface area contributed by atoms with E-state index in [-0.39, 0.29) is 41.2 Å². The number of cyclic esters (lactones) is 1. The summed E-state index contributed by atoms with van der Waals surface area (Å²) >= 11 is 0. The SMILES string of the molecule is CC1(C)OC(=O)N([C@H]2CC[C@H](Nc3cc(F)c(C#N)cc3[N+](=O)[O-])CC2)[C@H]1c1ccccc1. The monoisotopic (exact) mass is 452 g/mol. The van der Waals surface area contributed by atoms with Gasteiger partial charge in [-0.15, -0.1) is 0 Å². The first-order valence-electron chi connectivity index (χ1n) is 10.9. The topological polar surface area (TPSA) is 108 Å². The number of hydrogen-bond acceptors (Lipinski definition) is 6. The lowest BCUT2D eigenvalue weighted by molar-refractivity contribution is -0.384. The summed E-state index contributed by atoms with van der Waals surface area (Å²) in [4.78, 5) is 25.4. The van der Waals surface area contributed by atoms with Crippen LogP contribution in [-0.2, 0) is 4.74 Å². The third-order valence-corrected chi connectivity index (χ3v) is 6.47. The Kier molecular flexibility index (Phi) is 5.93. The molecule has 0 aromatic heterocycles. The van der Waals surface area contributed by atoms with Gasteiger partial charge in [-0.25, -0.2) is 9.18 Å². The summed E-state index contributed by atoms with van der Waals surface area (Å²) in [5.41, 5.74) is -0.294. The van der Waals surface area contributed by atoms with Crippen molar-refractivity contribution in [3.8, 4) is 6.07 Å². The molecule has 2 aromatic carbocycles. The Morgan fingerprint density at radius 2 is 1.88 bits per heavy atom. The Bertz CT molecular complexity index is 1110. The van der Waals surface area contributed by atoms with E-state index in [0.29, 0.717) is 25.7 Å². The van der Waals surface area contributed by atoms with Gasteiger partial charge in [-0.2, -0.15) is 5.26 Å². The first-order chi connectivity index (χ1) is 15.7. The molecule has 2 fully saturated rings. The molecule has 1 heterocycles. The molecule has 0 unspecified atom stereocenters. The van der Waals surface area contributed by atoms with E-state index in [1.165, 1.54) is 0 Å². The van der Waals surface area contributed by atoms with Gasteiger partial charge in [0.1, 0.15) is 23.2 Å². The third-order valence-electron chi connectivity index (χ3n) is 6.47. The number of anilines is 1. The van der Waals surface area contributed by atoms with E-state index >= 15 is 0 Å². The van der Waals surface area contributed by atoms with Gasteiger partial charge >= 0.3 is 6.09 Å². The predicted octanol–water partition coefficient (Wildman–Crippen LogP) is 5.30. The van der Waals surface area contributed by atoms with Crippen LogP contribution in [0.3, 0.4) is 0 Å². The molecule has 2 aromatic rings. The van der Waals surface area contributed by atoms with Crippen molar-refractivity contribution in [2.75, 3.05) is 5.32 Å². The summed E-state index contributed by atoms with van der Waals surface area (Å²) in [7, 11) is 0. The maximum atomic E-state index is 14.1. The second kappa shape index (κ2) is 8.70. The number of nitrogens with one attached hydrogen (secondary N) is 1. The molecule has 172 valence electrons. The van der Waals surface area contributed by atoms with Crippen molar-refractivity contribution in [1.82, 2.24) is 4.90 Å². The highest BCUT2D eigenvalue weighted by Gasteiger charge is 2.51. The van der Waals surface area contributed by atoms with Gasteiger partial charge in [0.2, 0.25) is 0 Å². The van der Waals surface area contributed by atoms with Crippen LogP contribution < -0.4 is 5.32 Å². The third kappa shape index (κ3) is 4.33. The van der Waals surface area contributed by atoms with Crippen LogP contribution in [0.5, 0.6) is 0 Å². The predicted molar refractivity (Wildman–Crippen MR) is 119 cm³/mol. The van der Waals surface area contributed by atoms with E-state index in [2.05, 4.69) is 5.32 Å². The lowest BCUT2D eigenvalue weighted by Crippen LogP contribution is -2.44. The lowest BCUT2D eigenvalue weighted by atomic mass is 9.86. The van der Waals surface area contributed by atoms with Crippen molar-refractivity contribution in [2.45, 2.75) is 63.3 Å². The Morgan fingerprint density at radius 3 is 2.48 bits per heavy atom. The summed E-state index contributed by atoms with van der Waals surface area (Å²) in [6.45, 7) is 3.82. The van der Waals surface area contributed by atoms with E-state index in [0.717, 1.165) is 17.7 Å². The highest BCUT2D eigenvalue weighted by molar-refractivity contribution is 5.72. The molecule has 33 heavy (non-hydrogen) atoms. The molecule has 2 aliphatic rings. The van der Waals surface area contributed by atoms with Crippen LogP contribution in [0.4, 0.5) is 20.6 Å². The number of halogens is 1. The molecule has 1 atom stereocenters. The summed E-state index contributed by atoms with van der Waals surface area (Å²) in [6.07, 6.45) is 2.32. The van der Waals surface area contributed by atoms with Crippen molar-refractivity contribution in [3.63, 3.8) is 0 Å². The molecule has 9 heteroatoms. The number of carbonyl (C=O) groups excluding carboxylic acids is 1. The summed E-state index contributed by atoms with van der Waals surface area (Å²) < 4.78 is 19.8. The van der Waals surface area contributed by atoms with Crippen LogP contribution in [0.15, 0.2) is 42.5 Å². The summed E-state index contributed by atoms with van der Waals surface area (Å²) in [6, 6.07) is 13.0. The summed E-state index contributed by atoms with van der Waals surface area (Å²) in [5.74, 6) is -0.799. The van der Waals surface area contributed by atoms with Crippen LogP contribution in [0.25, 0.3) is 0 Å². The lowest BCUT2D eigenvalue weighted by Gasteiger charge is -2.38. The van der Waals surface area contributed by atoms with Crippen LogP contribution in [0, 0.1) is 27.3 Å². The maximum absolute atomic E-state index is 14.1. The zero-order valence-corrected chi connectivity index (χ0v) is 18.5. The number of nitro benzene ring substituents is 1. The number of benzene rings is 2. The van der Waals surface area contributed by atoms with Crippen molar-refractivity contribution in [1.29, 1.82) is 5.26 Å². The fraction of sp³-hybridized carbons (Fsp3) is 0.417. The van der Waals surface area contributed by atoms with Gasteiger partial charge < -0.3 is 10.1 Å². The highest BCUT2D eigenvalue weighted by atomic mass is 19.1. The molecule has 4 rings (SSSR count). The van der Waals surface area contributed by atoms with Gasteiger partial charge in [-0.3, -0.25) is 15.0 Å². The second-order valence-corrected chi connectivity index (χ2v) is 9.06. The molecule has 1 N–H and O–H groups in total. The number of amides is 1. The Balaban J connectivity index is 1.49. The van der Waals surface area contributed by atoms with Gasteiger partial charge in [0, 0.05) is 24.2 Å². The average Bonchev–Trinajstić information content (AvgIpc) is 3.03. The van der Waals surface area contributed by atoms with Crippen LogP contribution in [0.1, 0.15) is 56.7 Å². The number of nitriles is 1. The molecule has 8 nitrogen and oxygen atoms in total. The fourth-order valence-electron chi connectivity index (χ4n) is 4.96. The fourth-order valence-corrected chi connectivity index (χ4v) is 4.96. The van der Waals surface area contributed by atoms with Crippen molar-refractivity contribution in [3.05, 3.63) is 69.5 Å². The Hall–Kier alpha value is -3.67. The molecular weight excluding hydrogens is 427 g/mol. The van der Waals surface area contributed by atoms with Crippen LogP contribution >= 0.6 is 0 Å². The minimum Gasteiger partial charge on any atom is -0.441 e. The number of hydrogen-bond donors (Lipinski definition) is 1. The van der Waals surface area contributed by atoms with Gasteiger partial charge in [0.05, 0.1) is 16.5 Å². The quantitative estimate of drug-likeness (QED) is 0.487. The number of carbonyl (C=O) groups is 1. The molecule has 0 radical (unpaired) electrons. The molecule has 1 aliphatic carbocycles. The molecule has 1 saturated carbocycles. The molecule has 0 spiro atoms. The molecular formula is C24H25FN4O4. The first kappa shape index (κ1) is 22.5. The van der Waals surface area contributed by atoms with Gasteiger partial charge in [-0.05, 0) is 45.1 Å². The van der Waals surface area contributed by atoms with E-state index < -0.39 is 16.3 Å². The second-order valence-electron chi connectivity index (χ2n) is 9.06. The number of nitro groups is 1. The van der Waals surface area contributed by atoms with Crippen molar-refractivity contribution < 1.29 is 18.8 Å². The number of nitrogens with zero attached hydrogens (tertiary/aromatic N) is 3. The normalized spacial score (nSPS) is 24.1. The molecule has 0 bridgehead atoms. The largest absolute Gasteiger partial charge is 0.441 e. The summed E-state index contributed by atoms with van der Waals surface area (Å²) in [5, 5.41) is 23.4. The molecule has 1 amide bonds. The Morgan fingerprint density at radius 1 is 1.21 bits per heavy atom. The molecule has 1 saturated heterocycles. The zero-order chi connectivity index (χ0) is 23.8.